The third kappa shape index (κ3) is 5.10. The van der Waals surface area contributed by atoms with Crippen LogP contribution in [0.5, 0.6) is 5.75 Å². The SMILES string of the molecule is CC(C)(Oc1ccc(Cl)cc1)C(=O)Nc1ccc(F)c(S(=O)(=O)N2CCOCC2)c1. The van der Waals surface area contributed by atoms with Crippen LogP contribution in [0.4, 0.5) is 10.1 Å². The Morgan fingerprint density at radius 2 is 1.80 bits per heavy atom. The Kier molecular flexibility index (Phi) is 6.66. The molecule has 162 valence electrons. The van der Waals surface area contributed by atoms with Gasteiger partial charge in [-0.15, -0.1) is 0 Å². The first kappa shape index (κ1) is 22.5. The van der Waals surface area contributed by atoms with Crippen LogP contribution in [0.25, 0.3) is 0 Å². The van der Waals surface area contributed by atoms with E-state index in [2.05, 4.69) is 5.32 Å². The second-order valence-corrected chi connectivity index (χ2v) is 9.52. The molecule has 1 heterocycles. The summed E-state index contributed by atoms with van der Waals surface area (Å²) in [5.41, 5.74) is -1.15. The predicted molar refractivity (Wildman–Crippen MR) is 111 cm³/mol. The highest BCUT2D eigenvalue weighted by molar-refractivity contribution is 7.89. The maximum absolute atomic E-state index is 14.3. The van der Waals surface area contributed by atoms with Gasteiger partial charge in [0.15, 0.2) is 5.60 Å². The summed E-state index contributed by atoms with van der Waals surface area (Å²) in [6.07, 6.45) is 0. The van der Waals surface area contributed by atoms with Gasteiger partial charge < -0.3 is 14.8 Å². The summed E-state index contributed by atoms with van der Waals surface area (Å²) in [5.74, 6) is -0.982. The number of hydrogen-bond acceptors (Lipinski definition) is 5. The molecule has 2 aromatic rings. The number of nitrogens with one attached hydrogen (secondary N) is 1. The second-order valence-electron chi connectivity index (χ2n) is 7.18. The van der Waals surface area contributed by atoms with Gasteiger partial charge in [0, 0.05) is 23.8 Å². The average molecular weight is 457 g/mol. The zero-order chi connectivity index (χ0) is 21.9. The van der Waals surface area contributed by atoms with E-state index < -0.39 is 32.2 Å². The first-order valence-electron chi connectivity index (χ1n) is 9.23. The van der Waals surface area contributed by atoms with Gasteiger partial charge in [-0.1, -0.05) is 11.6 Å². The number of ether oxygens (including phenoxy) is 2. The summed E-state index contributed by atoms with van der Waals surface area (Å²) in [4.78, 5) is 12.2. The first-order valence-corrected chi connectivity index (χ1v) is 11.0. The molecule has 3 rings (SSSR count). The lowest BCUT2D eigenvalue weighted by atomic mass is 10.1. The van der Waals surface area contributed by atoms with E-state index in [1.807, 2.05) is 0 Å². The second kappa shape index (κ2) is 8.89. The zero-order valence-corrected chi connectivity index (χ0v) is 18.1. The van der Waals surface area contributed by atoms with E-state index in [1.54, 1.807) is 38.1 Å². The van der Waals surface area contributed by atoms with E-state index in [4.69, 9.17) is 21.1 Å². The number of halogens is 2. The van der Waals surface area contributed by atoms with Crippen LogP contribution in [0.2, 0.25) is 5.02 Å². The van der Waals surface area contributed by atoms with Crippen LogP contribution in [-0.2, 0) is 19.6 Å². The first-order chi connectivity index (χ1) is 14.1. The Morgan fingerprint density at radius 1 is 1.17 bits per heavy atom. The highest BCUT2D eigenvalue weighted by Crippen LogP contribution is 2.26. The number of benzene rings is 2. The molecule has 0 aliphatic carbocycles. The summed E-state index contributed by atoms with van der Waals surface area (Å²) in [7, 11) is -4.06. The van der Waals surface area contributed by atoms with Crippen molar-refractivity contribution in [3.63, 3.8) is 0 Å². The monoisotopic (exact) mass is 456 g/mol. The Balaban J connectivity index is 1.78. The van der Waals surface area contributed by atoms with Crippen molar-refractivity contribution in [1.29, 1.82) is 0 Å². The predicted octanol–water partition coefficient (Wildman–Crippen LogP) is 3.30. The molecule has 1 aliphatic rings. The number of sulfonamides is 1. The maximum Gasteiger partial charge on any atom is 0.267 e. The van der Waals surface area contributed by atoms with Gasteiger partial charge in [0.1, 0.15) is 16.5 Å². The van der Waals surface area contributed by atoms with Crippen molar-refractivity contribution in [2.45, 2.75) is 24.3 Å². The molecule has 1 amide bonds. The fourth-order valence-electron chi connectivity index (χ4n) is 2.83. The Bertz CT molecular complexity index is 1020. The van der Waals surface area contributed by atoms with Gasteiger partial charge in [0.25, 0.3) is 5.91 Å². The van der Waals surface area contributed by atoms with Crippen molar-refractivity contribution >= 4 is 33.2 Å². The van der Waals surface area contributed by atoms with Crippen LogP contribution in [0.3, 0.4) is 0 Å². The molecule has 0 bridgehead atoms. The largest absolute Gasteiger partial charge is 0.478 e. The summed E-state index contributed by atoms with van der Waals surface area (Å²) in [6, 6.07) is 9.93. The zero-order valence-electron chi connectivity index (χ0n) is 16.5. The van der Waals surface area contributed by atoms with Gasteiger partial charge >= 0.3 is 0 Å². The van der Waals surface area contributed by atoms with Gasteiger partial charge in [0.05, 0.1) is 13.2 Å². The number of carbonyl (C=O) groups is 1. The van der Waals surface area contributed by atoms with Crippen LogP contribution in [-0.4, -0.2) is 50.5 Å². The highest BCUT2D eigenvalue weighted by atomic mass is 35.5. The van der Waals surface area contributed by atoms with Crippen LogP contribution < -0.4 is 10.1 Å². The number of morpholine rings is 1. The Hall–Kier alpha value is -2.20. The molecule has 2 aromatic carbocycles. The van der Waals surface area contributed by atoms with Crippen molar-refractivity contribution in [2.75, 3.05) is 31.6 Å². The van der Waals surface area contributed by atoms with Crippen molar-refractivity contribution in [1.82, 2.24) is 4.31 Å². The van der Waals surface area contributed by atoms with E-state index in [1.165, 1.54) is 6.07 Å². The molecule has 1 fully saturated rings. The van der Waals surface area contributed by atoms with E-state index in [9.17, 15) is 17.6 Å². The van der Waals surface area contributed by atoms with Crippen molar-refractivity contribution in [3.05, 3.63) is 53.3 Å². The summed E-state index contributed by atoms with van der Waals surface area (Å²) < 4.78 is 51.9. The summed E-state index contributed by atoms with van der Waals surface area (Å²) in [6.45, 7) is 3.89. The molecule has 1 saturated heterocycles. The normalized spacial score (nSPS) is 15.6. The molecule has 0 atom stereocenters. The number of carbonyl (C=O) groups excluding carboxylic acids is 1. The molecule has 0 aromatic heterocycles. The van der Waals surface area contributed by atoms with Crippen LogP contribution >= 0.6 is 11.6 Å². The van der Waals surface area contributed by atoms with Crippen LogP contribution in [0.1, 0.15) is 13.8 Å². The smallest absolute Gasteiger partial charge is 0.267 e. The van der Waals surface area contributed by atoms with Gasteiger partial charge in [-0.05, 0) is 56.3 Å². The lowest BCUT2D eigenvalue weighted by molar-refractivity contribution is -0.128. The number of anilines is 1. The topological polar surface area (TPSA) is 84.9 Å². The molecular formula is C20H22ClFN2O5S. The number of hydrogen-bond donors (Lipinski definition) is 1. The van der Waals surface area contributed by atoms with Crippen LogP contribution in [0, 0.1) is 5.82 Å². The molecule has 10 heteroatoms. The third-order valence-corrected chi connectivity index (χ3v) is 6.68. The van der Waals surface area contributed by atoms with E-state index in [0.29, 0.717) is 10.8 Å². The van der Waals surface area contributed by atoms with Gasteiger partial charge in [-0.2, -0.15) is 4.31 Å². The molecule has 1 N–H and O–H groups in total. The lowest BCUT2D eigenvalue weighted by Gasteiger charge is -2.27. The van der Waals surface area contributed by atoms with Crippen molar-refractivity contribution in [3.8, 4) is 5.75 Å². The Labute approximate surface area is 179 Å². The fourth-order valence-corrected chi connectivity index (χ4v) is 4.45. The minimum absolute atomic E-state index is 0.139. The average Bonchev–Trinajstić information content (AvgIpc) is 2.71. The molecule has 0 radical (unpaired) electrons. The van der Waals surface area contributed by atoms with E-state index in [-0.39, 0.29) is 32.0 Å². The third-order valence-electron chi connectivity index (χ3n) is 4.51. The minimum Gasteiger partial charge on any atom is -0.478 e. The number of nitrogens with zero attached hydrogens (tertiary/aromatic N) is 1. The number of amides is 1. The molecule has 0 spiro atoms. The van der Waals surface area contributed by atoms with Gasteiger partial charge in [0.2, 0.25) is 10.0 Å². The molecular weight excluding hydrogens is 435 g/mol. The van der Waals surface area contributed by atoms with Gasteiger partial charge in [-0.25, -0.2) is 12.8 Å². The van der Waals surface area contributed by atoms with E-state index >= 15 is 0 Å². The summed E-state index contributed by atoms with van der Waals surface area (Å²) >= 11 is 5.85. The highest BCUT2D eigenvalue weighted by Gasteiger charge is 2.32. The maximum atomic E-state index is 14.3. The molecule has 0 unspecified atom stereocenters. The molecule has 0 saturated carbocycles. The lowest BCUT2D eigenvalue weighted by Crippen LogP contribution is -2.42. The fraction of sp³-hybridized carbons (Fsp3) is 0.350. The molecule has 1 aliphatic heterocycles. The summed E-state index contributed by atoms with van der Waals surface area (Å²) in [5, 5.41) is 3.12. The minimum atomic E-state index is -4.06. The van der Waals surface area contributed by atoms with E-state index in [0.717, 1.165) is 16.4 Å². The number of rotatable bonds is 6. The standard InChI is InChI=1S/C20H22ClFN2O5S/c1-20(2,29-16-6-3-14(21)4-7-16)19(25)23-15-5-8-17(22)18(13-15)30(26,27)24-9-11-28-12-10-24/h3-8,13H,9-12H2,1-2H3,(H,23,25). The van der Waals surface area contributed by atoms with Crippen molar-refractivity contribution < 1.29 is 27.1 Å². The van der Waals surface area contributed by atoms with Gasteiger partial charge in [-0.3, -0.25) is 4.79 Å². The van der Waals surface area contributed by atoms with Crippen LogP contribution in [0.15, 0.2) is 47.4 Å². The molecule has 30 heavy (non-hydrogen) atoms. The van der Waals surface area contributed by atoms with Crippen molar-refractivity contribution in [2.24, 2.45) is 0 Å². The quantitative estimate of drug-likeness (QED) is 0.721. The Morgan fingerprint density at radius 3 is 2.43 bits per heavy atom. The molecule has 7 nitrogen and oxygen atoms in total.